The van der Waals surface area contributed by atoms with Gasteiger partial charge in [-0.1, -0.05) is 0 Å². The van der Waals surface area contributed by atoms with Gasteiger partial charge in [-0.2, -0.15) is 0 Å². The minimum Gasteiger partial charge on any atom is -0.396 e. The third kappa shape index (κ3) is 2.45. The average molecular weight is 341 g/mol. The maximum Gasteiger partial charge on any atom is 0.255 e. The Morgan fingerprint density at radius 1 is 1.42 bits per heavy atom. The number of aryl methyl sites for hydroxylation is 1. The van der Waals surface area contributed by atoms with E-state index in [9.17, 15) is 4.79 Å². The monoisotopic (exact) mass is 341 g/mol. The lowest BCUT2D eigenvalue weighted by molar-refractivity contribution is 0.0747. The normalized spacial score (nSPS) is 17.8. The van der Waals surface area contributed by atoms with Crippen LogP contribution in [0.4, 0.5) is 5.69 Å². The number of nitrogen functional groups attached to an aromatic ring is 1. The molecule has 0 saturated carbocycles. The molecule has 0 bridgehead atoms. The zero-order valence-electron chi connectivity index (χ0n) is 13.7. The molecule has 1 aliphatic heterocycles. The number of carbonyl (C=O) groups is 1. The summed E-state index contributed by atoms with van der Waals surface area (Å²) in [7, 11) is 0. The number of hydrogen-bond acceptors (Lipinski definition) is 5. The minimum absolute atomic E-state index is 0.0117. The molecule has 0 spiro atoms. The number of thiophene rings is 1. The first-order chi connectivity index (χ1) is 11.5. The van der Waals surface area contributed by atoms with Gasteiger partial charge >= 0.3 is 0 Å². The van der Waals surface area contributed by atoms with E-state index in [2.05, 4.69) is 17.0 Å². The molecule has 1 atom stereocenters. The third-order valence-electron chi connectivity index (χ3n) is 4.48. The summed E-state index contributed by atoms with van der Waals surface area (Å²) >= 11 is 1.64. The first kappa shape index (κ1) is 15.1. The fourth-order valence-electron chi connectivity index (χ4n) is 3.19. The van der Waals surface area contributed by atoms with Crippen molar-refractivity contribution in [2.45, 2.75) is 32.7 Å². The van der Waals surface area contributed by atoms with Gasteiger partial charge in [0.25, 0.3) is 5.91 Å². The van der Waals surface area contributed by atoms with Crippen molar-refractivity contribution in [2.75, 3.05) is 12.3 Å². The molecular weight excluding hydrogens is 322 g/mol. The zero-order chi connectivity index (χ0) is 16.8. The lowest BCUT2D eigenvalue weighted by atomic mass is 10.2. The maximum absolute atomic E-state index is 12.7. The molecule has 1 aliphatic rings. The summed E-state index contributed by atoms with van der Waals surface area (Å²) in [5.41, 5.74) is 7.75. The van der Waals surface area contributed by atoms with Gasteiger partial charge in [0.2, 0.25) is 0 Å². The Hall–Kier alpha value is -2.41. The first-order valence-electron chi connectivity index (χ1n) is 8.06. The summed E-state index contributed by atoms with van der Waals surface area (Å²) < 4.78 is 1.62. The highest BCUT2D eigenvalue weighted by atomic mass is 32.1. The number of nitrogens with two attached hydrogens (primary N) is 1. The molecule has 0 aliphatic carbocycles. The molecule has 1 amide bonds. The number of nitrogens with zero attached hydrogens (tertiary/aromatic N) is 4. The summed E-state index contributed by atoms with van der Waals surface area (Å²) in [4.78, 5) is 21.4. The van der Waals surface area contributed by atoms with Gasteiger partial charge < -0.3 is 10.6 Å². The van der Waals surface area contributed by atoms with Gasteiger partial charge in [0.1, 0.15) is 0 Å². The van der Waals surface area contributed by atoms with E-state index in [1.165, 1.54) is 4.88 Å². The summed E-state index contributed by atoms with van der Waals surface area (Å²) in [6.45, 7) is 4.93. The molecule has 1 saturated heterocycles. The number of anilines is 1. The van der Waals surface area contributed by atoms with E-state index in [1.54, 1.807) is 28.1 Å². The fraction of sp³-hybridized carbons (Fsp3) is 0.353. The number of carbonyl (C=O) groups excluding carboxylic acids is 1. The highest BCUT2D eigenvalue weighted by molar-refractivity contribution is 7.15. The molecule has 1 unspecified atom stereocenters. The van der Waals surface area contributed by atoms with Crippen LogP contribution in [-0.4, -0.2) is 38.0 Å². The van der Waals surface area contributed by atoms with Crippen molar-refractivity contribution >= 4 is 28.6 Å². The van der Waals surface area contributed by atoms with Gasteiger partial charge in [0.15, 0.2) is 11.5 Å². The second-order valence-corrected chi connectivity index (χ2v) is 7.58. The number of amides is 1. The van der Waals surface area contributed by atoms with Crippen molar-refractivity contribution in [2.24, 2.45) is 0 Å². The molecule has 3 aromatic rings. The Morgan fingerprint density at radius 2 is 2.25 bits per heavy atom. The molecule has 0 radical (unpaired) electrons. The van der Waals surface area contributed by atoms with Crippen LogP contribution in [0.15, 0.2) is 24.4 Å². The Labute approximate surface area is 143 Å². The van der Waals surface area contributed by atoms with Crippen LogP contribution in [0.3, 0.4) is 0 Å². The molecule has 0 aromatic carbocycles. The summed E-state index contributed by atoms with van der Waals surface area (Å²) in [6, 6.07) is 6.03. The van der Waals surface area contributed by atoms with Crippen molar-refractivity contribution in [3.8, 4) is 10.7 Å². The minimum atomic E-state index is 0.0117. The van der Waals surface area contributed by atoms with Gasteiger partial charge in [-0.15, -0.1) is 16.4 Å². The van der Waals surface area contributed by atoms with Crippen LogP contribution in [0.2, 0.25) is 0 Å². The SMILES string of the molecule is Cc1ccc(-c2nc3c(N)cc(C(=O)N4CCCC4C)cn3n2)s1. The van der Waals surface area contributed by atoms with E-state index in [1.807, 2.05) is 24.0 Å². The number of likely N-dealkylation sites (tertiary alicyclic amines) is 1. The molecule has 4 rings (SSSR count). The van der Waals surface area contributed by atoms with Gasteiger partial charge in [0.05, 0.1) is 16.1 Å². The van der Waals surface area contributed by atoms with Crippen LogP contribution >= 0.6 is 11.3 Å². The van der Waals surface area contributed by atoms with Crippen LogP contribution in [0.5, 0.6) is 0 Å². The van der Waals surface area contributed by atoms with E-state index >= 15 is 0 Å². The predicted molar refractivity (Wildman–Crippen MR) is 95.2 cm³/mol. The van der Waals surface area contributed by atoms with Crippen LogP contribution < -0.4 is 5.73 Å². The highest BCUT2D eigenvalue weighted by Crippen LogP contribution is 2.27. The van der Waals surface area contributed by atoms with Gasteiger partial charge in [-0.05, 0) is 44.9 Å². The smallest absolute Gasteiger partial charge is 0.255 e. The second kappa shape index (κ2) is 5.59. The van der Waals surface area contributed by atoms with E-state index in [0.29, 0.717) is 22.7 Å². The van der Waals surface area contributed by atoms with Gasteiger partial charge in [0, 0.05) is 23.7 Å². The average Bonchev–Trinajstić information content (AvgIpc) is 3.25. The quantitative estimate of drug-likeness (QED) is 0.777. The van der Waals surface area contributed by atoms with Crippen molar-refractivity contribution in [3.63, 3.8) is 0 Å². The molecule has 4 heterocycles. The van der Waals surface area contributed by atoms with Gasteiger partial charge in [-0.25, -0.2) is 9.50 Å². The zero-order valence-corrected chi connectivity index (χ0v) is 14.5. The van der Waals surface area contributed by atoms with E-state index < -0.39 is 0 Å². The molecule has 3 aromatic heterocycles. The Bertz CT molecular complexity index is 928. The molecule has 6 nitrogen and oxygen atoms in total. The highest BCUT2D eigenvalue weighted by Gasteiger charge is 2.27. The van der Waals surface area contributed by atoms with E-state index in [-0.39, 0.29) is 11.9 Å². The fourth-order valence-corrected chi connectivity index (χ4v) is 3.98. The van der Waals surface area contributed by atoms with Crippen LogP contribution in [0, 0.1) is 6.92 Å². The molecular formula is C17H19N5OS. The number of hydrogen-bond donors (Lipinski definition) is 1. The largest absolute Gasteiger partial charge is 0.396 e. The van der Waals surface area contributed by atoms with Crippen molar-refractivity contribution in [1.82, 2.24) is 19.5 Å². The Balaban J connectivity index is 1.75. The second-order valence-electron chi connectivity index (χ2n) is 6.29. The summed E-state index contributed by atoms with van der Waals surface area (Å²) in [5.74, 6) is 0.650. The van der Waals surface area contributed by atoms with Crippen LogP contribution in [0.1, 0.15) is 35.0 Å². The first-order valence-corrected chi connectivity index (χ1v) is 8.88. The third-order valence-corrected chi connectivity index (χ3v) is 5.48. The lowest BCUT2D eigenvalue weighted by Gasteiger charge is -2.21. The number of pyridine rings is 1. The number of fused-ring (bicyclic) bond motifs is 1. The molecule has 2 N–H and O–H groups in total. The van der Waals surface area contributed by atoms with Crippen molar-refractivity contribution in [3.05, 3.63) is 34.8 Å². The van der Waals surface area contributed by atoms with Gasteiger partial charge in [-0.3, -0.25) is 4.79 Å². The van der Waals surface area contributed by atoms with Crippen molar-refractivity contribution in [1.29, 1.82) is 0 Å². The van der Waals surface area contributed by atoms with E-state index in [4.69, 9.17) is 5.73 Å². The van der Waals surface area contributed by atoms with E-state index in [0.717, 1.165) is 24.3 Å². The summed E-state index contributed by atoms with van der Waals surface area (Å²) in [5, 5.41) is 4.51. The van der Waals surface area contributed by atoms with Crippen molar-refractivity contribution < 1.29 is 4.79 Å². The molecule has 124 valence electrons. The maximum atomic E-state index is 12.7. The number of rotatable bonds is 2. The Kier molecular flexibility index (Phi) is 3.53. The molecule has 1 fully saturated rings. The van der Waals surface area contributed by atoms with Crippen LogP contribution in [0.25, 0.3) is 16.3 Å². The standard InChI is InChI=1S/C17H19N5OS/c1-10-4-3-7-21(10)17(23)12-8-13(18)16-19-15(20-22(16)9-12)14-6-5-11(2)24-14/h5-6,8-10H,3-4,7,18H2,1-2H3. The lowest BCUT2D eigenvalue weighted by Crippen LogP contribution is -2.33. The molecule has 24 heavy (non-hydrogen) atoms. The predicted octanol–water partition coefficient (Wildman–Crippen LogP) is 2.97. The van der Waals surface area contributed by atoms with Crippen LogP contribution in [-0.2, 0) is 0 Å². The summed E-state index contributed by atoms with van der Waals surface area (Å²) in [6.07, 6.45) is 3.83. The molecule has 7 heteroatoms. The number of aromatic nitrogens is 3. The topological polar surface area (TPSA) is 76.5 Å². The Morgan fingerprint density at radius 3 is 2.92 bits per heavy atom.